The van der Waals surface area contributed by atoms with E-state index in [4.69, 9.17) is 10.5 Å². The van der Waals surface area contributed by atoms with Crippen molar-refractivity contribution < 1.29 is 28.0 Å². The molecule has 0 heterocycles. The minimum atomic E-state index is -2.99. The summed E-state index contributed by atoms with van der Waals surface area (Å²) in [5.74, 6) is -0.747. The largest absolute Gasteiger partial charge is 0.490 e. The van der Waals surface area contributed by atoms with Crippen LogP contribution in [0.5, 0.6) is 11.5 Å². The van der Waals surface area contributed by atoms with Crippen LogP contribution in [0, 0.1) is 10.1 Å². The predicted molar refractivity (Wildman–Crippen MR) is 93.2 cm³/mol. The van der Waals surface area contributed by atoms with Crippen LogP contribution in [0.4, 0.5) is 20.2 Å². The second-order valence-electron chi connectivity index (χ2n) is 5.30. The molecular formula is C17H17F2N3O5. The summed E-state index contributed by atoms with van der Waals surface area (Å²) in [6.45, 7) is -0.900. The number of amides is 1. The number of primary amides is 1. The van der Waals surface area contributed by atoms with Crippen LogP contribution in [0.25, 0.3) is 0 Å². The molecule has 27 heavy (non-hydrogen) atoms. The van der Waals surface area contributed by atoms with Gasteiger partial charge in [0, 0.05) is 18.2 Å². The molecule has 2 aromatic carbocycles. The Balaban J connectivity index is 2.22. The lowest BCUT2D eigenvalue weighted by Crippen LogP contribution is -2.12. The van der Waals surface area contributed by atoms with E-state index in [0.29, 0.717) is 5.56 Å². The van der Waals surface area contributed by atoms with Gasteiger partial charge in [0.1, 0.15) is 5.69 Å². The molecule has 0 saturated carbocycles. The molecule has 2 aromatic rings. The zero-order valence-corrected chi connectivity index (χ0v) is 14.3. The van der Waals surface area contributed by atoms with Gasteiger partial charge in [-0.1, -0.05) is 6.07 Å². The number of nitrogens with two attached hydrogens (primary N) is 1. The van der Waals surface area contributed by atoms with Gasteiger partial charge in [0.15, 0.2) is 11.5 Å². The molecular weight excluding hydrogens is 364 g/mol. The van der Waals surface area contributed by atoms with Gasteiger partial charge < -0.3 is 20.5 Å². The van der Waals surface area contributed by atoms with E-state index >= 15 is 0 Å². The van der Waals surface area contributed by atoms with Gasteiger partial charge in [-0.15, -0.1) is 0 Å². The fourth-order valence-corrected chi connectivity index (χ4v) is 2.31. The first kappa shape index (κ1) is 19.9. The number of nitro benzene ring substituents is 1. The van der Waals surface area contributed by atoms with Gasteiger partial charge in [-0.05, 0) is 36.8 Å². The molecule has 2 rings (SSSR count). The fraction of sp³-hybridized carbons (Fsp3) is 0.235. The third-order valence-electron chi connectivity index (χ3n) is 3.49. The van der Waals surface area contributed by atoms with Gasteiger partial charge >= 0.3 is 6.61 Å². The van der Waals surface area contributed by atoms with Gasteiger partial charge in [-0.25, -0.2) is 0 Å². The van der Waals surface area contributed by atoms with E-state index in [0.717, 1.165) is 6.07 Å². The second-order valence-corrected chi connectivity index (χ2v) is 5.30. The summed E-state index contributed by atoms with van der Waals surface area (Å²) in [6.07, 6.45) is 0. The number of carbonyl (C=O) groups is 1. The second kappa shape index (κ2) is 8.79. The van der Waals surface area contributed by atoms with E-state index in [-0.39, 0.29) is 41.6 Å². The Bertz CT molecular complexity index is 845. The molecule has 10 heteroatoms. The van der Waals surface area contributed by atoms with E-state index in [1.165, 1.54) is 30.3 Å². The van der Waals surface area contributed by atoms with Crippen LogP contribution in [0.15, 0.2) is 36.4 Å². The summed E-state index contributed by atoms with van der Waals surface area (Å²) >= 11 is 0. The third-order valence-corrected chi connectivity index (χ3v) is 3.49. The first-order valence-corrected chi connectivity index (χ1v) is 7.84. The van der Waals surface area contributed by atoms with Crippen LogP contribution in [0.2, 0.25) is 0 Å². The average molecular weight is 381 g/mol. The van der Waals surface area contributed by atoms with E-state index < -0.39 is 17.4 Å². The van der Waals surface area contributed by atoms with E-state index in [1.54, 1.807) is 6.92 Å². The molecule has 0 bridgehead atoms. The number of benzene rings is 2. The first-order chi connectivity index (χ1) is 12.8. The SMILES string of the molecule is CCOc1cc(CNc2ccc(C(N)=O)cc2[N+](=O)[O-])ccc1OC(F)F. The zero-order chi connectivity index (χ0) is 20.0. The molecule has 0 aliphatic rings. The highest BCUT2D eigenvalue weighted by Gasteiger charge is 2.17. The van der Waals surface area contributed by atoms with Gasteiger partial charge in [-0.3, -0.25) is 14.9 Å². The van der Waals surface area contributed by atoms with E-state index in [1.807, 2.05) is 0 Å². The highest BCUT2D eigenvalue weighted by Crippen LogP contribution is 2.31. The number of halogens is 2. The van der Waals surface area contributed by atoms with Crippen molar-refractivity contribution >= 4 is 17.3 Å². The van der Waals surface area contributed by atoms with Crippen molar-refractivity contribution in [3.05, 3.63) is 57.6 Å². The van der Waals surface area contributed by atoms with E-state index in [2.05, 4.69) is 10.1 Å². The van der Waals surface area contributed by atoms with Crippen molar-refractivity contribution in [1.82, 2.24) is 0 Å². The van der Waals surface area contributed by atoms with Crippen molar-refractivity contribution in [2.75, 3.05) is 11.9 Å². The number of hydrogen-bond acceptors (Lipinski definition) is 6. The van der Waals surface area contributed by atoms with Crippen molar-refractivity contribution in [1.29, 1.82) is 0 Å². The number of ether oxygens (including phenoxy) is 2. The number of anilines is 1. The molecule has 0 atom stereocenters. The van der Waals surface area contributed by atoms with Gasteiger partial charge in [0.05, 0.1) is 11.5 Å². The van der Waals surface area contributed by atoms with Gasteiger partial charge in [0.2, 0.25) is 5.91 Å². The van der Waals surface area contributed by atoms with Crippen LogP contribution < -0.4 is 20.5 Å². The minimum absolute atomic E-state index is 0.0133. The average Bonchev–Trinajstić information content (AvgIpc) is 2.61. The summed E-state index contributed by atoms with van der Waals surface area (Å²) < 4.78 is 34.5. The lowest BCUT2D eigenvalue weighted by molar-refractivity contribution is -0.384. The van der Waals surface area contributed by atoms with Gasteiger partial charge in [-0.2, -0.15) is 8.78 Å². The van der Waals surface area contributed by atoms with E-state index in [9.17, 15) is 23.7 Å². The molecule has 0 fully saturated rings. The van der Waals surface area contributed by atoms with Gasteiger partial charge in [0.25, 0.3) is 5.69 Å². The predicted octanol–water partition coefficient (Wildman–Crippen LogP) is 3.31. The summed E-state index contributed by atoms with van der Waals surface area (Å²) in [6, 6.07) is 8.17. The van der Waals surface area contributed by atoms with Crippen LogP contribution >= 0.6 is 0 Å². The number of nitrogens with one attached hydrogen (secondary N) is 1. The van der Waals surface area contributed by atoms with Crippen molar-refractivity contribution in [3.63, 3.8) is 0 Å². The molecule has 0 aliphatic heterocycles. The lowest BCUT2D eigenvalue weighted by Gasteiger charge is -2.13. The fourth-order valence-electron chi connectivity index (χ4n) is 2.31. The molecule has 0 spiro atoms. The van der Waals surface area contributed by atoms with Crippen LogP contribution in [-0.2, 0) is 6.54 Å². The molecule has 144 valence electrons. The number of hydrogen-bond donors (Lipinski definition) is 2. The maximum Gasteiger partial charge on any atom is 0.387 e. The molecule has 1 amide bonds. The maximum atomic E-state index is 12.4. The Hall–Kier alpha value is -3.43. The third kappa shape index (κ3) is 5.27. The Labute approximate surface area is 153 Å². The van der Waals surface area contributed by atoms with Crippen LogP contribution in [0.1, 0.15) is 22.8 Å². The highest BCUT2D eigenvalue weighted by atomic mass is 19.3. The lowest BCUT2D eigenvalue weighted by atomic mass is 10.1. The summed E-state index contributed by atoms with van der Waals surface area (Å²) in [5.41, 5.74) is 5.63. The zero-order valence-electron chi connectivity index (χ0n) is 14.3. The topological polar surface area (TPSA) is 117 Å². The smallest absolute Gasteiger partial charge is 0.387 e. The van der Waals surface area contributed by atoms with Crippen molar-refractivity contribution in [2.24, 2.45) is 5.73 Å². The quantitative estimate of drug-likeness (QED) is 0.508. The molecule has 0 saturated heterocycles. The number of rotatable bonds is 9. The van der Waals surface area contributed by atoms with Crippen molar-refractivity contribution in [2.45, 2.75) is 20.1 Å². The maximum absolute atomic E-state index is 12.4. The summed E-state index contributed by atoms with van der Waals surface area (Å²) in [4.78, 5) is 21.7. The Morgan fingerprint density at radius 2 is 2.00 bits per heavy atom. The first-order valence-electron chi connectivity index (χ1n) is 7.84. The Morgan fingerprint density at radius 3 is 2.59 bits per heavy atom. The monoisotopic (exact) mass is 381 g/mol. The number of nitro groups is 1. The number of carbonyl (C=O) groups excluding carboxylic acids is 1. The van der Waals surface area contributed by atoms with Crippen LogP contribution in [0.3, 0.4) is 0 Å². The molecule has 0 radical (unpaired) electrons. The molecule has 0 aliphatic carbocycles. The normalized spacial score (nSPS) is 10.5. The standard InChI is InChI=1S/C17H17F2N3O5/c1-2-26-15-7-10(3-6-14(15)27-17(18)19)9-21-12-5-4-11(16(20)23)8-13(12)22(24)25/h3-8,17,21H,2,9H2,1H3,(H2,20,23). The number of nitrogens with zero attached hydrogens (tertiary/aromatic N) is 1. The van der Waals surface area contributed by atoms with Crippen LogP contribution in [-0.4, -0.2) is 24.0 Å². The van der Waals surface area contributed by atoms with Crippen molar-refractivity contribution in [3.8, 4) is 11.5 Å². The molecule has 8 nitrogen and oxygen atoms in total. The molecule has 3 N–H and O–H groups in total. The summed E-state index contributed by atoms with van der Waals surface area (Å²) in [7, 11) is 0. The Kier molecular flexibility index (Phi) is 6.47. The molecule has 0 unspecified atom stereocenters. The molecule has 0 aromatic heterocycles. The Morgan fingerprint density at radius 1 is 1.26 bits per heavy atom. The number of alkyl halides is 2. The highest BCUT2D eigenvalue weighted by molar-refractivity contribution is 5.94. The summed E-state index contributed by atoms with van der Waals surface area (Å²) in [5, 5.41) is 14.1. The minimum Gasteiger partial charge on any atom is -0.490 e.